The van der Waals surface area contributed by atoms with Gasteiger partial charge in [0.25, 0.3) is 5.69 Å². The Kier molecular flexibility index (Phi) is 3.21. The van der Waals surface area contributed by atoms with Gasteiger partial charge in [-0.05, 0) is 6.07 Å². The summed E-state index contributed by atoms with van der Waals surface area (Å²) in [5.74, 6) is -2.25. The molecule has 0 aliphatic heterocycles. The van der Waals surface area contributed by atoms with Crippen LogP contribution in [0, 0.1) is 10.1 Å². The fraction of sp³-hybridized carbons (Fsp3) is 0.125. The number of hydrogen-bond acceptors (Lipinski definition) is 4. The zero-order valence-corrected chi connectivity index (χ0v) is 8.12. The van der Waals surface area contributed by atoms with Gasteiger partial charge in [0.2, 0.25) is 0 Å². The first-order valence-electron chi connectivity index (χ1n) is 4.14. The number of rotatable bonds is 2. The second-order valence-electron chi connectivity index (χ2n) is 2.98. The number of nitrogens with two attached hydrogens (primary N) is 1. The quantitative estimate of drug-likeness (QED) is 0.473. The zero-order chi connectivity index (χ0) is 13.2. The maximum atomic E-state index is 11.9. The predicted molar refractivity (Wildman–Crippen MR) is 52.2 cm³/mol. The van der Waals surface area contributed by atoms with E-state index in [0.29, 0.717) is 0 Å². The van der Waals surface area contributed by atoms with E-state index in [1.54, 1.807) is 0 Å². The topological polar surface area (TPSA) is 98.3 Å². The first kappa shape index (κ1) is 12.7. The summed E-state index contributed by atoms with van der Waals surface area (Å²) in [6, 6.07) is 2.79. The number of anilines is 2. The average Bonchev–Trinajstić information content (AvgIpc) is 2.19. The number of carbonyl (C=O) groups is 1. The Morgan fingerprint density at radius 2 is 2.00 bits per heavy atom. The minimum absolute atomic E-state index is 0.201. The molecule has 3 N–H and O–H groups in total. The van der Waals surface area contributed by atoms with Gasteiger partial charge in [-0.25, -0.2) is 0 Å². The summed E-state index contributed by atoms with van der Waals surface area (Å²) < 4.78 is 35.8. The van der Waals surface area contributed by atoms with Crippen molar-refractivity contribution in [2.24, 2.45) is 0 Å². The molecule has 1 rings (SSSR count). The zero-order valence-electron chi connectivity index (χ0n) is 8.12. The minimum Gasteiger partial charge on any atom is -0.397 e. The number of nitrogens with zero attached hydrogens (tertiary/aromatic N) is 1. The summed E-state index contributed by atoms with van der Waals surface area (Å²) >= 11 is 0. The van der Waals surface area contributed by atoms with Crippen LogP contribution < -0.4 is 11.1 Å². The Morgan fingerprint density at radius 1 is 1.41 bits per heavy atom. The number of nitro benzene ring substituents is 1. The van der Waals surface area contributed by atoms with Crippen LogP contribution in [0.4, 0.5) is 30.2 Å². The first-order valence-corrected chi connectivity index (χ1v) is 4.14. The summed E-state index contributed by atoms with van der Waals surface area (Å²) in [5, 5.41) is 11.8. The van der Waals surface area contributed by atoms with Crippen LogP contribution in [0.3, 0.4) is 0 Å². The summed E-state index contributed by atoms with van der Waals surface area (Å²) in [6.45, 7) is 0. The van der Waals surface area contributed by atoms with Gasteiger partial charge in [-0.2, -0.15) is 13.2 Å². The normalized spacial score (nSPS) is 11.0. The largest absolute Gasteiger partial charge is 0.471 e. The first-order chi connectivity index (χ1) is 7.71. The van der Waals surface area contributed by atoms with Crippen LogP contribution in [-0.4, -0.2) is 17.0 Å². The molecular formula is C8H6F3N3O3. The van der Waals surface area contributed by atoms with Crippen molar-refractivity contribution in [3.05, 3.63) is 28.3 Å². The van der Waals surface area contributed by atoms with Crippen molar-refractivity contribution >= 4 is 23.0 Å². The molecule has 0 saturated heterocycles. The number of non-ortho nitro benzene ring substituents is 1. The summed E-state index contributed by atoms with van der Waals surface area (Å²) in [5.41, 5.74) is 4.14. The molecule has 0 aliphatic carbocycles. The van der Waals surface area contributed by atoms with Gasteiger partial charge in [-0.3, -0.25) is 14.9 Å². The lowest BCUT2D eigenvalue weighted by atomic mass is 10.2. The number of hydrogen-bond donors (Lipinski definition) is 2. The lowest BCUT2D eigenvalue weighted by Gasteiger charge is -2.09. The number of alkyl halides is 3. The van der Waals surface area contributed by atoms with E-state index in [0.717, 1.165) is 18.2 Å². The van der Waals surface area contributed by atoms with E-state index in [2.05, 4.69) is 0 Å². The molecule has 17 heavy (non-hydrogen) atoms. The van der Waals surface area contributed by atoms with Gasteiger partial charge in [0, 0.05) is 12.1 Å². The molecule has 1 aromatic carbocycles. The van der Waals surface area contributed by atoms with Crippen molar-refractivity contribution in [3.63, 3.8) is 0 Å². The SMILES string of the molecule is Nc1ccc([N+](=O)[O-])cc1NC(=O)C(F)(F)F. The van der Waals surface area contributed by atoms with Crippen molar-refractivity contribution in [1.29, 1.82) is 0 Å². The van der Waals surface area contributed by atoms with Gasteiger partial charge >= 0.3 is 12.1 Å². The second kappa shape index (κ2) is 4.28. The van der Waals surface area contributed by atoms with Gasteiger partial charge in [0.15, 0.2) is 0 Å². The Hall–Kier alpha value is -2.32. The van der Waals surface area contributed by atoms with E-state index in [9.17, 15) is 28.1 Å². The Morgan fingerprint density at radius 3 is 2.47 bits per heavy atom. The number of nitrogens with one attached hydrogen (secondary N) is 1. The number of benzene rings is 1. The molecule has 1 amide bonds. The van der Waals surface area contributed by atoms with Gasteiger partial charge in [0.05, 0.1) is 16.3 Å². The van der Waals surface area contributed by atoms with Crippen molar-refractivity contribution in [2.75, 3.05) is 11.1 Å². The van der Waals surface area contributed by atoms with Crippen molar-refractivity contribution in [1.82, 2.24) is 0 Å². The van der Waals surface area contributed by atoms with Crippen molar-refractivity contribution in [3.8, 4) is 0 Å². The Bertz CT molecular complexity index is 473. The molecule has 0 unspecified atom stereocenters. The smallest absolute Gasteiger partial charge is 0.397 e. The van der Waals surface area contributed by atoms with Crippen molar-refractivity contribution < 1.29 is 22.9 Å². The third-order valence-electron chi connectivity index (χ3n) is 1.75. The highest BCUT2D eigenvalue weighted by atomic mass is 19.4. The molecule has 0 fully saturated rings. The van der Waals surface area contributed by atoms with Gasteiger partial charge in [-0.15, -0.1) is 0 Å². The van der Waals surface area contributed by atoms with Crippen molar-refractivity contribution in [2.45, 2.75) is 6.18 Å². The van der Waals surface area contributed by atoms with E-state index < -0.39 is 28.4 Å². The standard InChI is InChI=1S/C8H6F3N3O3/c9-8(10,11)7(15)13-6-3-4(14(16)17)1-2-5(6)12/h1-3H,12H2,(H,13,15). The summed E-state index contributed by atoms with van der Waals surface area (Å²) in [4.78, 5) is 20.2. The third-order valence-corrected chi connectivity index (χ3v) is 1.75. The summed E-state index contributed by atoms with van der Waals surface area (Å²) in [6.07, 6.45) is -5.09. The van der Waals surface area contributed by atoms with E-state index >= 15 is 0 Å². The van der Waals surface area contributed by atoms with E-state index in [1.165, 1.54) is 5.32 Å². The van der Waals surface area contributed by atoms with Crippen LogP contribution in [-0.2, 0) is 4.79 Å². The van der Waals surface area contributed by atoms with E-state index in [-0.39, 0.29) is 5.69 Å². The second-order valence-corrected chi connectivity index (χ2v) is 2.98. The molecule has 0 aliphatic rings. The Balaban J connectivity index is 3.02. The molecular weight excluding hydrogens is 243 g/mol. The molecule has 0 spiro atoms. The van der Waals surface area contributed by atoms with Crippen LogP contribution in [0.2, 0.25) is 0 Å². The Labute approximate surface area is 92.4 Å². The van der Waals surface area contributed by atoms with Crippen LogP contribution in [0.25, 0.3) is 0 Å². The highest BCUT2D eigenvalue weighted by molar-refractivity contribution is 5.97. The monoisotopic (exact) mass is 249 g/mol. The van der Waals surface area contributed by atoms with E-state index in [1.807, 2.05) is 0 Å². The van der Waals surface area contributed by atoms with Crippen LogP contribution >= 0.6 is 0 Å². The molecule has 0 aromatic heterocycles. The van der Waals surface area contributed by atoms with Gasteiger partial charge in [-0.1, -0.05) is 0 Å². The van der Waals surface area contributed by atoms with Gasteiger partial charge < -0.3 is 11.1 Å². The third kappa shape index (κ3) is 3.06. The number of nitrogen functional groups attached to an aromatic ring is 1. The fourth-order valence-electron chi connectivity index (χ4n) is 0.959. The molecule has 0 atom stereocenters. The maximum absolute atomic E-state index is 11.9. The summed E-state index contributed by atoms with van der Waals surface area (Å²) in [7, 11) is 0. The number of carbonyl (C=O) groups excluding carboxylic acids is 1. The van der Waals surface area contributed by atoms with Gasteiger partial charge in [0.1, 0.15) is 0 Å². The van der Waals surface area contributed by atoms with E-state index in [4.69, 9.17) is 5.73 Å². The number of nitro groups is 1. The molecule has 0 radical (unpaired) electrons. The molecule has 0 heterocycles. The molecule has 92 valence electrons. The minimum atomic E-state index is -5.09. The average molecular weight is 249 g/mol. The molecule has 0 bridgehead atoms. The highest BCUT2D eigenvalue weighted by Crippen LogP contribution is 2.26. The lowest BCUT2D eigenvalue weighted by Crippen LogP contribution is -2.30. The number of halogens is 3. The maximum Gasteiger partial charge on any atom is 0.471 e. The van der Waals surface area contributed by atoms with Crippen LogP contribution in [0.5, 0.6) is 0 Å². The molecule has 1 aromatic rings. The molecule has 6 nitrogen and oxygen atoms in total. The van der Waals surface area contributed by atoms with Crippen LogP contribution in [0.15, 0.2) is 18.2 Å². The lowest BCUT2D eigenvalue weighted by molar-refractivity contribution is -0.384. The predicted octanol–water partition coefficient (Wildman–Crippen LogP) is 1.68. The fourth-order valence-corrected chi connectivity index (χ4v) is 0.959. The molecule has 0 saturated carbocycles. The van der Waals surface area contributed by atoms with Crippen LogP contribution in [0.1, 0.15) is 0 Å². The molecule has 9 heteroatoms. The number of amides is 1. The highest BCUT2D eigenvalue weighted by Gasteiger charge is 2.39.